The molecule has 0 aliphatic heterocycles. The first-order valence-corrected chi connectivity index (χ1v) is 9.84. The van der Waals surface area contributed by atoms with E-state index >= 15 is 0 Å². The van der Waals surface area contributed by atoms with Crippen LogP contribution in [-0.4, -0.2) is 24.0 Å². The van der Waals surface area contributed by atoms with E-state index in [0.29, 0.717) is 5.89 Å². The molecule has 1 heterocycles. The van der Waals surface area contributed by atoms with Gasteiger partial charge in [0.05, 0.1) is 0 Å². The van der Waals surface area contributed by atoms with Crippen molar-refractivity contribution in [3.05, 3.63) is 103 Å². The summed E-state index contributed by atoms with van der Waals surface area (Å²) in [5.74, 6) is 0.612. The Bertz CT molecular complexity index is 781. The van der Waals surface area contributed by atoms with Gasteiger partial charge in [-0.2, -0.15) is 0 Å². The maximum absolute atomic E-state index is 5.48. The quantitative estimate of drug-likeness (QED) is 0.324. The van der Waals surface area contributed by atoms with E-state index in [1.54, 1.807) is 12.3 Å². The summed E-state index contributed by atoms with van der Waals surface area (Å²) >= 11 is 0. The summed E-state index contributed by atoms with van der Waals surface area (Å²) < 4.78 is 5.48. The smallest absolute Gasteiger partial charge is 0.218 e. The van der Waals surface area contributed by atoms with Crippen molar-refractivity contribution in [1.82, 2.24) is 9.88 Å². The molecule has 0 aliphatic rings. The lowest BCUT2D eigenvalue weighted by atomic mass is 10.0. The minimum absolute atomic E-state index is 0.612. The number of allylic oxidation sites excluding steroid dienone is 12. The molecule has 3 heteroatoms. The minimum atomic E-state index is 0.612. The van der Waals surface area contributed by atoms with E-state index in [2.05, 4.69) is 17.6 Å². The van der Waals surface area contributed by atoms with E-state index in [4.69, 9.17) is 4.42 Å². The second-order valence-electron chi connectivity index (χ2n) is 6.22. The third kappa shape index (κ3) is 12.9. The van der Waals surface area contributed by atoms with Crippen LogP contribution in [0.25, 0.3) is 12.2 Å². The van der Waals surface area contributed by atoms with E-state index in [0.717, 1.165) is 23.3 Å². The van der Waals surface area contributed by atoms with E-state index in [1.165, 1.54) is 0 Å². The zero-order chi connectivity index (χ0) is 21.9. The molecule has 0 bridgehead atoms. The van der Waals surface area contributed by atoms with Crippen LogP contribution in [0.2, 0.25) is 0 Å². The van der Waals surface area contributed by atoms with Gasteiger partial charge in [0.1, 0.15) is 12.0 Å². The SMILES string of the molecule is C/C=C/N(C)C.C=C/C=C(\C=C/C)C(/C=C\C)=C/c1coc(/C=C/C/C=C\C)n1. The van der Waals surface area contributed by atoms with Crippen molar-refractivity contribution >= 4 is 12.2 Å². The highest BCUT2D eigenvalue weighted by Gasteiger charge is 2.02. The number of oxazole rings is 1. The van der Waals surface area contributed by atoms with Crippen LogP contribution in [-0.2, 0) is 0 Å². The molecule has 3 nitrogen and oxygen atoms in total. The highest BCUT2D eigenvalue weighted by Crippen LogP contribution is 2.18. The average molecular weight is 393 g/mol. The first-order valence-electron chi connectivity index (χ1n) is 9.84. The van der Waals surface area contributed by atoms with E-state index in [9.17, 15) is 0 Å². The molecule has 0 amide bonds. The molecule has 1 aromatic rings. The van der Waals surface area contributed by atoms with Gasteiger partial charge in [-0.25, -0.2) is 4.98 Å². The monoisotopic (exact) mass is 392 g/mol. The van der Waals surface area contributed by atoms with Gasteiger partial charge in [-0.3, -0.25) is 0 Å². The van der Waals surface area contributed by atoms with Crippen LogP contribution in [0.5, 0.6) is 0 Å². The Morgan fingerprint density at radius 3 is 2.21 bits per heavy atom. The summed E-state index contributed by atoms with van der Waals surface area (Å²) in [7, 11) is 4.00. The third-order valence-electron chi connectivity index (χ3n) is 3.38. The number of nitrogens with zero attached hydrogens (tertiary/aromatic N) is 2. The van der Waals surface area contributed by atoms with E-state index in [-0.39, 0.29) is 0 Å². The van der Waals surface area contributed by atoms with Crippen molar-refractivity contribution < 1.29 is 4.42 Å². The van der Waals surface area contributed by atoms with Crippen molar-refractivity contribution in [1.29, 1.82) is 0 Å². The fraction of sp³-hybridized carbons (Fsp3) is 0.269. The highest BCUT2D eigenvalue weighted by molar-refractivity contribution is 5.63. The molecule has 0 saturated heterocycles. The second kappa shape index (κ2) is 17.1. The Balaban J connectivity index is 0.00000113. The average Bonchev–Trinajstić information content (AvgIpc) is 3.12. The Morgan fingerprint density at radius 1 is 1.00 bits per heavy atom. The maximum atomic E-state index is 5.48. The van der Waals surface area contributed by atoms with Crippen molar-refractivity contribution in [3.63, 3.8) is 0 Å². The summed E-state index contributed by atoms with van der Waals surface area (Å²) in [5.41, 5.74) is 2.93. The standard InChI is InChI=1S/C21H25NO.C5H11N/c1-5-9-10-11-15-21-22-20(17-23-21)16-19(14-8-4)18(12-6-2)13-7-3;1-4-5-6(2)3/h5-9,11-17H,2,10H2,1,3-4H3;4-5H,1-3H3/b9-5-,13-7-,14-8-,15-11+,18-12+,19-16+;5-4+. The van der Waals surface area contributed by atoms with Crippen LogP contribution in [0.1, 0.15) is 45.7 Å². The van der Waals surface area contributed by atoms with E-state index < -0.39 is 0 Å². The highest BCUT2D eigenvalue weighted by atomic mass is 16.3. The van der Waals surface area contributed by atoms with Crippen molar-refractivity contribution in [2.24, 2.45) is 0 Å². The largest absolute Gasteiger partial charge is 0.444 e. The maximum Gasteiger partial charge on any atom is 0.218 e. The van der Waals surface area contributed by atoms with Crippen LogP contribution in [0, 0.1) is 0 Å². The first kappa shape index (κ1) is 25.9. The van der Waals surface area contributed by atoms with Gasteiger partial charge in [0.15, 0.2) is 0 Å². The molecule has 0 spiro atoms. The van der Waals surface area contributed by atoms with E-state index in [1.807, 2.05) is 114 Å². The lowest BCUT2D eigenvalue weighted by Crippen LogP contribution is -1.98. The molecule has 0 aromatic carbocycles. The van der Waals surface area contributed by atoms with Gasteiger partial charge in [-0.15, -0.1) is 0 Å². The summed E-state index contributed by atoms with van der Waals surface area (Å²) in [6, 6.07) is 0. The Labute approximate surface area is 177 Å². The fourth-order valence-corrected chi connectivity index (χ4v) is 2.25. The summed E-state index contributed by atoms with van der Waals surface area (Å²) in [4.78, 5) is 6.47. The zero-order valence-corrected chi connectivity index (χ0v) is 18.8. The Kier molecular flexibility index (Phi) is 15.3. The lowest BCUT2D eigenvalue weighted by Gasteiger charge is -2.02. The molecular weight excluding hydrogens is 356 g/mol. The fourth-order valence-electron chi connectivity index (χ4n) is 2.25. The Hall–Kier alpha value is -3.07. The van der Waals surface area contributed by atoms with Gasteiger partial charge in [0.2, 0.25) is 5.89 Å². The van der Waals surface area contributed by atoms with Crippen LogP contribution < -0.4 is 0 Å². The molecule has 29 heavy (non-hydrogen) atoms. The van der Waals surface area contributed by atoms with Crippen LogP contribution in [0.3, 0.4) is 0 Å². The van der Waals surface area contributed by atoms with Gasteiger partial charge in [0, 0.05) is 14.1 Å². The van der Waals surface area contributed by atoms with Gasteiger partial charge in [-0.1, -0.05) is 67.3 Å². The molecule has 0 fully saturated rings. The summed E-state index contributed by atoms with van der Waals surface area (Å²) in [6.45, 7) is 11.8. The van der Waals surface area contributed by atoms with Gasteiger partial charge < -0.3 is 9.32 Å². The minimum Gasteiger partial charge on any atom is -0.444 e. The molecule has 0 atom stereocenters. The number of rotatable bonds is 9. The van der Waals surface area contributed by atoms with Crippen molar-refractivity contribution in [3.8, 4) is 0 Å². The third-order valence-corrected chi connectivity index (χ3v) is 3.38. The molecule has 0 saturated carbocycles. The summed E-state index contributed by atoms with van der Waals surface area (Å²) in [6.07, 6.45) is 28.4. The van der Waals surface area contributed by atoms with Crippen LogP contribution >= 0.6 is 0 Å². The van der Waals surface area contributed by atoms with Crippen LogP contribution in [0.15, 0.2) is 95.4 Å². The molecular formula is C26H36N2O. The molecule has 1 rings (SSSR count). The molecule has 156 valence electrons. The predicted octanol–water partition coefficient (Wildman–Crippen LogP) is 7.38. The van der Waals surface area contributed by atoms with Crippen LogP contribution in [0.4, 0.5) is 0 Å². The summed E-state index contributed by atoms with van der Waals surface area (Å²) in [5, 5.41) is 0. The predicted molar refractivity (Wildman–Crippen MR) is 129 cm³/mol. The molecule has 0 N–H and O–H groups in total. The second-order valence-corrected chi connectivity index (χ2v) is 6.22. The van der Waals surface area contributed by atoms with Gasteiger partial charge in [0.25, 0.3) is 0 Å². The molecule has 1 aromatic heterocycles. The normalized spacial score (nSPS) is 13.2. The number of hydrogen-bond donors (Lipinski definition) is 0. The first-order chi connectivity index (χ1) is 14.0. The number of hydrogen-bond acceptors (Lipinski definition) is 3. The number of aromatic nitrogens is 1. The molecule has 0 aliphatic carbocycles. The van der Waals surface area contributed by atoms with Gasteiger partial charge in [-0.05, 0) is 63.6 Å². The van der Waals surface area contributed by atoms with Crippen molar-refractivity contribution in [2.75, 3.05) is 14.1 Å². The Morgan fingerprint density at radius 2 is 1.69 bits per heavy atom. The molecule has 0 unspecified atom stereocenters. The van der Waals surface area contributed by atoms with Gasteiger partial charge >= 0.3 is 0 Å². The molecule has 0 radical (unpaired) electrons. The lowest BCUT2D eigenvalue weighted by molar-refractivity contribution is 0.546. The topological polar surface area (TPSA) is 29.3 Å². The zero-order valence-electron chi connectivity index (χ0n) is 18.8. The van der Waals surface area contributed by atoms with Crippen molar-refractivity contribution in [2.45, 2.75) is 34.1 Å².